The van der Waals surface area contributed by atoms with Crippen molar-refractivity contribution < 1.29 is 0 Å². The summed E-state index contributed by atoms with van der Waals surface area (Å²) in [6, 6.07) is 0. The molecule has 0 amide bonds. The van der Waals surface area contributed by atoms with Gasteiger partial charge in [0.2, 0.25) is 11.9 Å². The molecule has 0 aliphatic carbocycles. The van der Waals surface area contributed by atoms with Gasteiger partial charge in [-0.3, -0.25) is 0 Å². The zero-order chi connectivity index (χ0) is 14.7. The molecule has 8 nitrogen and oxygen atoms in total. The highest BCUT2D eigenvalue weighted by Gasteiger charge is 2.18. The molecule has 1 atom stereocenters. The molecule has 1 saturated heterocycles. The summed E-state index contributed by atoms with van der Waals surface area (Å²) in [6.07, 6.45) is 6.65. The summed E-state index contributed by atoms with van der Waals surface area (Å²) < 4.78 is 1.55. The van der Waals surface area contributed by atoms with Gasteiger partial charge in [0, 0.05) is 20.1 Å². The highest BCUT2D eigenvalue weighted by atomic mass is 15.4. The number of nitrogens with zero attached hydrogens (tertiary/aromatic N) is 7. The Hall–Kier alpha value is -2.25. The fourth-order valence-electron chi connectivity index (χ4n) is 2.48. The fourth-order valence-corrected chi connectivity index (χ4v) is 2.48. The molecule has 1 aliphatic rings. The number of nitrogens with one attached hydrogen (secondary N) is 1. The number of anilines is 2. The van der Waals surface area contributed by atoms with Gasteiger partial charge in [-0.25, -0.2) is 4.98 Å². The summed E-state index contributed by atoms with van der Waals surface area (Å²) >= 11 is 0. The fraction of sp³-hybridized carbons (Fsp3) is 0.615. The first kappa shape index (κ1) is 13.7. The maximum Gasteiger partial charge on any atom is 0.258 e. The lowest BCUT2D eigenvalue weighted by atomic mass is 10.0. The van der Waals surface area contributed by atoms with Crippen molar-refractivity contribution in [3.63, 3.8) is 0 Å². The van der Waals surface area contributed by atoms with Crippen LogP contribution in [0.5, 0.6) is 0 Å². The van der Waals surface area contributed by atoms with Crippen molar-refractivity contribution in [2.75, 3.05) is 30.4 Å². The minimum absolute atomic E-state index is 0.485. The van der Waals surface area contributed by atoms with Crippen LogP contribution >= 0.6 is 0 Å². The van der Waals surface area contributed by atoms with Crippen molar-refractivity contribution in [2.24, 2.45) is 5.92 Å². The molecular weight excluding hydrogens is 268 g/mol. The molecule has 1 fully saturated rings. The number of aromatic nitrogens is 6. The van der Waals surface area contributed by atoms with E-state index in [-0.39, 0.29) is 0 Å². The topological polar surface area (TPSA) is 84.7 Å². The summed E-state index contributed by atoms with van der Waals surface area (Å²) in [7, 11) is 1.80. The minimum Gasteiger partial charge on any atom is -0.357 e. The average Bonchev–Trinajstić information content (AvgIpc) is 2.96. The monoisotopic (exact) mass is 288 g/mol. The molecule has 1 aliphatic heterocycles. The Labute approximate surface area is 123 Å². The Morgan fingerprint density at radius 1 is 1.14 bits per heavy atom. The Bertz CT molecular complexity index is 582. The number of hydrogen-bond donors (Lipinski definition) is 1. The van der Waals surface area contributed by atoms with E-state index >= 15 is 0 Å². The molecule has 3 rings (SSSR count). The van der Waals surface area contributed by atoms with Crippen LogP contribution in [-0.2, 0) is 0 Å². The third-order valence-corrected chi connectivity index (χ3v) is 3.76. The third kappa shape index (κ3) is 3.09. The summed E-state index contributed by atoms with van der Waals surface area (Å²) in [5, 5.41) is 7.07. The van der Waals surface area contributed by atoms with E-state index in [9.17, 15) is 0 Å². The van der Waals surface area contributed by atoms with E-state index in [1.54, 1.807) is 18.1 Å². The molecule has 0 aromatic carbocycles. The van der Waals surface area contributed by atoms with Crippen LogP contribution in [0, 0.1) is 5.92 Å². The average molecular weight is 288 g/mol. The summed E-state index contributed by atoms with van der Waals surface area (Å²) in [5.41, 5.74) is 0. The van der Waals surface area contributed by atoms with E-state index < -0.39 is 0 Å². The van der Waals surface area contributed by atoms with Crippen molar-refractivity contribution in [1.82, 2.24) is 29.7 Å². The van der Waals surface area contributed by atoms with Crippen LogP contribution in [-0.4, -0.2) is 49.9 Å². The van der Waals surface area contributed by atoms with Gasteiger partial charge in [0.25, 0.3) is 5.95 Å². The van der Waals surface area contributed by atoms with Gasteiger partial charge in [-0.2, -0.15) is 24.7 Å². The quantitative estimate of drug-likeness (QED) is 0.905. The van der Waals surface area contributed by atoms with Gasteiger partial charge in [0.1, 0.15) is 12.7 Å². The van der Waals surface area contributed by atoms with Crippen molar-refractivity contribution >= 4 is 11.9 Å². The maximum atomic E-state index is 4.54. The molecule has 2 aromatic rings. The van der Waals surface area contributed by atoms with E-state index in [1.165, 1.54) is 25.6 Å². The third-order valence-electron chi connectivity index (χ3n) is 3.76. The molecule has 0 radical (unpaired) electrons. The van der Waals surface area contributed by atoms with Gasteiger partial charge in [-0.15, -0.1) is 0 Å². The second-order valence-electron chi connectivity index (χ2n) is 5.37. The number of hydrogen-bond acceptors (Lipinski definition) is 7. The highest BCUT2D eigenvalue weighted by molar-refractivity contribution is 5.39. The van der Waals surface area contributed by atoms with Gasteiger partial charge in [0.15, 0.2) is 0 Å². The van der Waals surface area contributed by atoms with Crippen LogP contribution in [0.25, 0.3) is 5.95 Å². The SMILES string of the molecule is CNc1nc(N2CCCC(C)CC2)nc(-n2cncn2)n1. The van der Waals surface area contributed by atoms with Crippen LogP contribution in [0.15, 0.2) is 12.7 Å². The summed E-state index contributed by atoms with van der Waals surface area (Å²) in [4.78, 5) is 19.5. The van der Waals surface area contributed by atoms with Gasteiger partial charge in [0.05, 0.1) is 0 Å². The zero-order valence-corrected chi connectivity index (χ0v) is 12.4. The van der Waals surface area contributed by atoms with Crippen molar-refractivity contribution in [1.29, 1.82) is 0 Å². The molecule has 1 unspecified atom stereocenters. The largest absolute Gasteiger partial charge is 0.357 e. The van der Waals surface area contributed by atoms with Crippen molar-refractivity contribution in [3.05, 3.63) is 12.7 Å². The van der Waals surface area contributed by atoms with Crippen LogP contribution in [0.2, 0.25) is 0 Å². The van der Waals surface area contributed by atoms with Crippen LogP contribution in [0.1, 0.15) is 26.2 Å². The lowest BCUT2D eigenvalue weighted by Crippen LogP contribution is -2.27. The molecule has 3 heterocycles. The first-order chi connectivity index (χ1) is 10.3. The highest BCUT2D eigenvalue weighted by Crippen LogP contribution is 2.20. The zero-order valence-electron chi connectivity index (χ0n) is 12.4. The second kappa shape index (κ2) is 6.02. The van der Waals surface area contributed by atoms with Gasteiger partial charge in [-0.05, 0) is 25.2 Å². The molecule has 1 N–H and O–H groups in total. The molecule has 0 spiro atoms. The summed E-state index contributed by atoms with van der Waals surface area (Å²) in [5.74, 6) is 2.49. The molecule has 0 saturated carbocycles. The first-order valence-corrected chi connectivity index (χ1v) is 7.30. The molecule has 112 valence electrons. The Kier molecular flexibility index (Phi) is 3.94. The molecule has 8 heteroatoms. The smallest absolute Gasteiger partial charge is 0.258 e. The Morgan fingerprint density at radius 2 is 2.00 bits per heavy atom. The normalized spacial score (nSPS) is 19.3. The van der Waals surface area contributed by atoms with Crippen molar-refractivity contribution in [3.8, 4) is 5.95 Å². The van der Waals surface area contributed by atoms with E-state index in [4.69, 9.17) is 0 Å². The first-order valence-electron chi connectivity index (χ1n) is 7.30. The minimum atomic E-state index is 0.485. The predicted octanol–water partition coefficient (Wildman–Crippen LogP) is 1.12. The van der Waals surface area contributed by atoms with E-state index in [0.29, 0.717) is 17.8 Å². The van der Waals surface area contributed by atoms with Crippen LogP contribution in [0.4, 0.5) is 11.9 Å². The number of rotatable bonds is 3. The molecular formula is C13H20N8. The molecule has 0 bridgehead atoms. The van der Waals surface area contributed by atoms with Gasteiger partial charge < -0.3 is 10.2 Å². The van der Waals surface area contributed by atoms with Crippen molar-refractivity contribution in [2.45, 2.75) is 26.2 Å². The van der Waals surface area contributed by atoms with E-state index in [2.05, 4.69) is 42.2 Å². The Balaban J connectivity index is 1.92. The lowest BCUT2D eigenvalue weighted by molar-refractivity contribution is 0.521. The van der Waals surface area contributed by atoms with E-state index in [0.717, 1.165) is 19.0 Å². The molecule has 21 heavy (non-hydrogen) atoms. The van der Waals surface area contributed by atoms with Crippen LogP contribution < -0.4 is 10.2 Å². The molecule has 2 aromatic heterocycles. The standard InChI is InChI=1S/C13H20N8/c1-10-4-3-6-20(7-5-10)12-17-11(14-2)18-13(19-12)21-9-15-8-16-21/h8-10H,3-7H2,1-2H3,(H,14,17,18,19). The van der Waals surface area contributed by atoms with Gasteiger partial charge in [-0.1, -0.05) is 6.92 Å². The second-order valence-corrected chi connectivity index (χ2v) is 5.37. The summed E-state index contributed by atoms with van der Waals surface area (Å²) in [6.45, 7) is 4.26. The maximum absolute atomic E-state index is 4.54. The van der Waals surface area contributed by atoms with E-state index in [1.807, 2.05) is 0 Å². The lowest BCUT2D eigenvalue weighted by Gasteiger charge is -2.21. The van der Waals surface area contributed by atoms with Crippen LogP contribution in [0.3, 0.4) is 0 Å². The predicted molar refractivity (Wildman–Crippen MR) is 79.5 cm³/mol. The Morgan fingerprint density at radius 3 is 2.76 bits per heavy atom. The van der Waals surface area contributed by atoms with Gasteiger partial charge >= 0.3 is 0 Å².